The SMILES string of the molecule is CNCCN(C)C(=O)c1ccc2c(c1)S(=O)(=O)N(CC1CCCO1)C2=O. The van der Waals surface area contributed by atoms with E-state index in [0.717, 1.165) is 17.1 Å². The van der Waals surface area contributed by atoms with Gasteiger partial charge in [0.1, 0.15) is 4.90 Å². The molecule has 1 N–H and O–H groups in total. The lowest BCUT2D eigenvalue weighted by molar-refractivity contribution is 0.0707. The van der Waals surface area contributed by atoms with Gasteiger partial charge in [-0.1, -0.05) is 0 Å². The number of benzene rings is 1. The molecule has 2 amide bonds. The molecule has 1 aromatic rings. The summed E-state index contributed by atoms with van der Waals surface area (Å²) in [6, 6.07) is 4.22. The van der Waals surface area contributed by atoms with Crippen LogP contribution in [0.1, 0.15) is 33.6 Å². The van der Waals surface area contributed by atoms with Crippen molar-refractivity contribution < 1.29 is 22.7 Å². The van der Waals surface area contributed by atoms with Crippen molar-refractivity contribution in [1.82, 2.24) is 14.5 Å². The lowest BCUT2D eigenvalue weighted by Crippen LogP contribution is -2.36. The molecule has 0 aromatic heterocycles. The zero-order chi connectivity index (χ0) is 18.9. The number of rotatable bonds is 6. The van der Waals surface area contributed by atoms with Crippen molar-refractivity contribution in [2.75, 3.05) is 40.3 Å². The molecular weight excluding hydrogens is 358 g/mol. The smallest absolute Gasteiger partial charge is 0.269 e. The topological polar surface area (TPSA) is 96.0 Å². The number of ether oxygens (including phenoxy) is 1. The van der Waals surface area contributed by atoms with Gasteiger partial charge in [0.05, 0.1) is 18.2 Å². The van der Waals surface area contributed by atoms with Gasteiger partial charge in [-0.25, -0.2) is 12.7 Å². The number of nitrogens with one attached hydrogen (secondary N) is 1. The second kappa shape index (κ2) is 7.34. The monoisotopic (exact) mass is 381 g/mol. The first-order chi connectivity index (χ1) is 12.4. The largest absolute Gasteiger partial charge is 0.376 e. The fourth-order valence-corrected chi connectivity index (χ4v) is 4.79. The summed E-state index contributed by atoms with van der Waals surface area (Å²) in [5, 5.41) is 2.95. The van der Waals surface area contributed by atoms with Crippen LogP contribution in [-0.2, 0) is 14.8 Å². The highest BCUT2D eigenvalue weighted by atomic mass is 32.2. The first kappa shape index (κ1) is 18.8. The van der Waals surface area contributed by atoms with Crippen LogP contribution in [0, 0.1) is 0 Å². The first-order valence-electron chi connectivity index (χ1n) is 8.59. The molecule has 1 fully saturated rings. The molecule has 0 saturated carbocycles. The van der Waals surface area contributed by atoms with Crippen molar-refractivity contribution in [2.45, 2.75) is 23.8 Å². The maximum atomic E-state index is 12.8. The van der Waals surface area contributed by atoms with Gasteiger partial charge < -0.3 is 15.0 Å². The van der Waals surface area contributed by atoms with Gasteiger partial charge in [0.25, 0.3) is 21.8 Å². The predicted octanol–water partition coefficient (Wildman–Crippen LogP) is 0.302. The zero-order valence-electron chi connectivity index (χ0n) is 14.9. The normalized spacial score (nSPS) is 21.1. The first-order valence-corrected chi connectivity index (χ1v) is 10.0. The minimum atomic E-state index is -3.96. The number of likely N-dealkylation sites (N-methyl/N-ethyl adjacent to an activating group) is 2. The summed E-state index contributed by atoms with van der Waals surface area (Å²) in [7, 11) is -0.526. The summed E-state index contributed by atoms with van der Waals surface area (Å²) in [4.78, 5) is 26.4. The number of carbonyl (C=O) groups is 2. The van der Waals surface area contributed by atoms with E-state index in [-0.39, 0.29) is 34.6 Å². The van der Waals surface area contributed by atoms with Crippen LogP contribution in [0.5, 0.6) is 0 Å². The van der Waals surface area contributed by atoms with Crippen LogP contribution in [0.25, 0.3) is 0 Å². The van der Waals surface area contributed by atoms with E-state index in [2.05, 4.69) is 5.32 Å². The maximum Gasteiger partial charge on any atom is 0.269 e. The fourth-order valence-electron chi connectivity index (χ4n) is 3.16. The number of nitrogens with zero attached hydrogens (tertiary/aromatic N) is 2. The minimum absolute atomic E-state index is 0.0151. The predicted molar refractivity (Wildman–Crippen MR) is 94.5 cm³/mol. The molecule has 0 bridgehead atoms. The summed E-state index contributed by atoms with van der Waals surface area (Å²) >= 11 is 0. The fraction of sp³-hybridized carbons (Fsp3) is 0.529. The van der Waals surface area contributed by atoms with Gasteiger partial charge in [0.15, 0.2) is 0 Å². The molecule has 2 aliphatic rings. The highest BCUT2D eigenvalue weighted by Crippen LogP contribution is 2.32. The van der Waals surface area contributed by atoms with E-state index in [0.29, 0.717) is 19.7 Å². The Balaban J connectivity index is 1.86. The third-order valence-electron chi connectivity index (χ3n) is 4.69. The average molecular weight is 381 g/mol. The Bertz CT molecular complexity index is 818. The molecule has 2 aliphatic heterocycles. The molecule has 3 rings (SSSR count). The summed E-state index contributed by atoms with van der Waals surface area (Å²) in [6.45, 7) is 1.71. The second-order valence-corrected chi connectivity index (χ2v) is 8.35. The number of carbonyl (C=O) groups excluding carboxylic acids is 2. The maximum absolute atomic E-state index is 12.8. The highest BCUT2D eigenvalue weighted by molar-refractivity contribution is 7.90. The van der Waals surface area contributed by atoms with E-state index in [9.17, 15) is 18.0 Å². The average Bonchev–Trinajstić information content (AvgIpc) is 3.21. The molecule has 0 radical (unpaired) electrons. The van der Waals surface area contributed by atoms with E-state index >= 15 is 0 Å². The molecule has 8 nitrogen and oxygen atoms in total. The molecule has 1 unspecified atom stereocenters. The zero-order valence-corrected chi connectivity index (χ0v) is 15.7. The summed E-state index contributed by atoms with van der Waals surface area (Å²) in [5.74, 6) is -0.846. The van der Waals surface area contributed by atoms with Crippen LogP contribution >= 0.6 is 0 Å². The quantitative estimate of drug-likeness (QED) is 0.762. The second-order valence-electron chi connectivity index (χ2n) is 6.52. The third kappa shape index (κ3) is 3.34. The van der Waals surface area contributed by atoms with Gasteiger partial charge in [-0.05, 0) is 38.1 Å². The molecule has 1 saturated heterocycles. The molecule has 0 aliphatic carbocycles. The Morgan fingerprint density at radius 1 is 1.42 bits per heavy atom. The van der Waals surface area contributed by atoms with Gasteiger partial charge >= 0.3 is 0 Å². The lowest BCUT2D eigenvalue weighted by atomic mass is 10.1. The van der Waals surface area contributed by atoms with E-state index < -0.39 is 15.9 Å². The Morgan fingerprint density at radius 2 is 2.19 bits per heavy atom. The molecule has 142 valence electrons. The molecule has 0 spiro atoms. The Hall–Kier alpha value is -1.97. The minimum Gasteiger partial charge on any atom is -0.376 e. The summed E-state index contributed by atoms with van der Waals surface area (Å²) in [6.07, 6.45) is 1.32. The molecule has 2 heterocycles. The van der Waals surface area contributed by atoms with E-state index in [4.69, 9.17) is 4.74 Å². The van der Waals surface area contributed by atoms with Crippen molar-refractivity contribution in [3.63, 3.8) is 0 Å². The Morgan fingerprint density at radius 3 is 2.85 bits per heavy atom. The lowest BCUT2D eigenvalue weighted by Gasteiger charge is -2.19. The number of amides is 2. The van der Waals surface area contributed by atoms with Crippen molar-refractivity contribution >= 4 is 21.8 Å². The number of hydrogen-bond acceptors (Lipinski definition) is 6. The van der Waals surface area contributed by atoms with Crippen LogP contribution in [0.4, 0.5) is 0 Å². The highest BCUT2D eigenvalue weighted by Gasteiger charge is 2.43. The van der Waals surface area contributed by atoms with E-state index in [1.165, 1.54) is 23.1 Å². The van der Waals surface area contributed by atoms with Crippen LogP contribution < -0.4 is 5.32 Å². The molecule has 1 aromatic carbocycles. The Labute approximate surface area is 153 Å². The van der Waals surface area contributed by atoms with Gasteiger partial charge in [-0.15, -0.1) is 0 Å². The molecular formula is C17H23N3O5S. The van der Waals surface area contributed by atoms with E-state index in [1.807, 2.05) is 0 Å². The van der Waals surface area contributed by atoms with Crippen molar-refractivity contribution in [3.05, 3.63) is 29.3 Å². The van der Waals surface area contributed by atoms with E-state index in [1.54, 1.807) is 14.1 Å². The number of hydrogen-bond donors (Lipinski definition) is 1. The van der Waals surface area contributed by atoms with Crippen LogP contribution in [0.2, 0.25) is 0 Å². The van der Waals surface area contributed by atoms with Gasteiger partial charge in [0.2, 0.25) is 0 Å². The third-order valence-corrected chi connectivity index (χ3v) is 6.48. The van der Waals surface area contributed by atoms with Gasteiger partial charge in [0, 0.05) is 32.3 Å². The standard InChI is InChI=1S/C17H23N3O5S/c1-18-7-8-19(2)16(21)12-5-6-14-15(10-12)26(23,24)20(17(14)22)11-13-4-3-9-25-13/h5-6,10,13,18H,3-4,7-9,11H2,1-2H3. The number of fused-ring (bicyclic) bond motifs is 1. The van der Waals surface area contributed by atoms with Crippen LogP contribution in [-0.4, -0.2) is 75.9 Å². The van der Waals surface area contributed by atoms with Gasteiger partial charge in [-0.3, -0.25) is 9.59 Å². The van der Waals surface area contributed by atoms with Crippen LogP contribution in [0.15, 0.2) is 23.1 Å². The van der Waals surface area contributed by atoms with Crippen LogP contribution in [0.3, 0.4) is 0 Å². The Kier molecular flexibility index (Phi) is 5.31. The summed E-state index contributed by atoms with van der Waals surface area (Å²) in [5.41, 5.74) is 0.357. The molecule has 9 heteroatoms. The number of sulfonamides is 1. The van der Waals surface area contributed by atoms with Crippen molar-refractivity contribution in [3.8, 4) is 0 Å². The van der Waals surface area contributed by atoms with Gasteiger partial charge in [-0.2, -0.15) is 0 Å². The summed E-state index contributed by atoms with van der Waals surface area (Å²) < 4.78 is 32.0. The van der Waals surface area contributed by atoms with Crippen molar-refractivity contribution in [2.24, 2.45) is 0 Å². The molecule has 26 heavy (non-hydrogen) atoms. The molecule has 1 atom stereocenters. The van der Waals surface area contributed by atoms with Crippen molar-refractivity contribution in [1.29, 1.82) is 0 Å².